The van der Waals surface area contributed by atoms with Gasteiger partial charge in [0.25, 0.3) is 11.7 Å². The molecule has 1 aromatic rings. The second-order valence-electron chi connectivity index (χ2n) is 3.64. The van der Waals surface area contributed by atoms with Gasteiger partial charge < -0.3 is 10.1 Å². The molecule has 0 saturated heterocycles. The summed E-state index contributed by atoms with van der Waals surface area (Å²) in [6, 6.07) is 4.85. The number of ether oxygens (including phenoxy) is 1. The van der Waals surface area contributed by atoms with E-state index < -0.39 is 11.7 Å². The van der Waals surface area contributed by atoms with E-state index in [1.54, 1.807) is 25.1 Å². The highest BCUT2D eigenvalue weighted by atomic mass is 16.5. The van der Waals surface area contributed by atoms with Crippen molar-refractivity contribution in [3.63, 3.8) is 0 Å². The standard InChI is InChI=1S/C12H11NO4.C2H6/c1-2-17-10(14)6-7-3-4-9-8(5-7)11(15)12(16)13-9;1-2/h3-5H,2,6H2,1H3,(H,13,15,16);1-2H3. The molecular weight excluding hydrogens is 246 g/mol. The molecule has 2 rings (SSSR count). The van der Waals surface area contributed by atoms with Crippen molar-refractivity contribution in [2.45, 2.75) is 27.2 Å². The zero-order valence-electron chi connectivity index (χ0n) is 11.3. The summed E-state index contributed by atoms with van der Waals surface area (Å²) in [6.45, 7) is 6.05. The quantitative estimate of drug-likeness (QED) is 0.668. The molecule has 1 amide bonds. The van der Waals surface area contributed by atoms with E-state index in [2.05, 4.69) is 5.32 Å². The van der Waals surface area contributed by atoms with Crippen molar-refractivity contribution >= 4 is 23.3 Å². The lowest BCUT2D eigenvalue weighted by molar-refractivity contribution is -0.142. The number of fused-ring (bicyclic) bond motifs is 1. The summed E-state index contributed by atoms with van der Waals surface area (Å²) < 4.78 is 4.81. The summed E-state index contributed by atoms with van der Waals surface area (Å²) in [5.41, 5.74) is 1.47. The molecule has 0 spiro atoms. The fraction of sp³-hybridized carbons (Fsp3) is 0.357. The van der Waals surface area contributed by atoms with Gasteiger partial charge in [0.2, 0.25) is 0 Å². The molecule has 1 aromatic carbocycles. The maximum absolute atomic E-state index is 11.4. The zero-order valence-corrected chi connectivity index (χ0v) is 11.3. The molecule has 0 aliphatic carbocycles. The summed E-state index contributed by atoms with van der Waals surface area (Å²) in [5.74, 6) is -1.55. The van der Waals surface area contributed by atoms with Crippen molar-refractivity contribution in [3.05, 3.63) is 29.3 Å². The smallest absolute Gasteiger partial charge is 0.310 e. The van der Waals surface area contributed by atoms with E-state index in [1.165, 1.54) is 0 Å². The highest BCUT2D eigenvalue weighted by Gasteiger charge is 2.27. The van der Waals surface area contributed by atoms with E-state index in [-0.39, 0.29) is 12.4 Å². The highest BCUT2D eigenvalue weighted by Crippen LogP contribution is 2.24. The van der Waals surface area contributed by atoms with Gasteiger partial charge in [-0.05, 0) is 24.6 Å². The van der Waals surface area contributed by atoms with Gasteiger partial charge in [0.05, 0.1) is 24.3 Å². The SMILES string of the molecule is CC.CCOC(=O)Cc1ccc2c(c1)C(=O)C(=O)N2. The molecule has 0 fully saturated rings. The molecule has 0 radical (unpaired) electrons. The number of rotatable bonds is 3. The van der Waals surface area contributed by atoms with Crippen LogP contribution in [0.1, 0.15) is 36.7 Å². The van der Waals surface area contributed by atoms with E-state index in [4.69, 9.17) is 4.74 Å². The molecule has 102 valence electrons. The molecule has 0 bridgehead atoms. The third-order valence-corrected chi connectivity index (χ3v) is 2.44. The number of benzene rings is 1. The van der Waals surface area contributed by atoms with E-state index in [0.717, 1.165) is 0 Å². The number of ketones is 1. The molecule has 1 N–H and O–H groups in total. The minimum Gasteiger partial charge on any atom is -0.466 e. The van der Waals surface area contributed by atoms with Crippen LogP contribution in [0.3, 0.4) is 0 Å². The number of esters is 1. The van der Waals surface area contributed by atoms with Gasteiger partial charge in [-0.1, -0.05) is 19.9 Å². The summed E-state index contributed by atoms with van der Waals surface area (Å²) in [5, 5.41) is 2.45. The van der Waals surface area contributed by atoms with E-state index >= 15 is 0 Å². The summed E-state index contributed by atoms with van der Waals surface area (Å²) in [6.07, 6.45) is 0.0998. The Morgan fingerprint density at radius 3 is 2.58 bits per heavy atom. The normalized spacial score (nSPS) is 12.2. The van der Waals surface area contributed by atoms with Crippen LogP contribution in [0.5, 0.6) is 0 Å². The summed E-state index contributed by atoms with van der Waals surface area (Å²) in [7, 11) is 0. The minimum atomic E-state index is -0.631. The summed E-state index contributed by atoms with van der Waals surface area (Å²) in [4.78, 5) is 33.8. The average Bonchev–Trinajstić information content (AvgIpc) is 2.68. The summed E-state index contributed by atoms with van der Waals surface area (Å²) >= 11 is 0. The Bertz CT molecular complexity index is 508. The largest absolute Gasteiger partial charge is 0.466 e. The molecule has 0 atom stereocenters. The maximum Gasteiger partial charge on any atom is 0.310 e. The van der Waals surface area contributed by atoms with E-state index in [0.29, 0.717) is 23.4 Å². The second kappa shape index (κ2) is 6.68. The number of nitrogens with one attached hydrogen (secondary N) is 1. The molecule has 19 heavy (non-hydrogen) atoms. The monoisotopic (exact) mass is 263 g/mol. The van der Waals surface area contributed by atoms with Gasteiger partial charge in [0.15, 0.2) is 0 Å². The molecule has 1 aliphatic rings. The molecule has 0 unspecified atom stereocenters. The second-order valence-corrected chi connectivity index (χ2v) is 3.64. The number of Topliss-reactive ketones (excluding diaryl/α,β-unsaturated/α-hetero) is 1. The Kier molecular flexibility index (Phi) is 5.23. The Balaban J connectivity index is 0.000000861. The van der Waals surface area contributed by atoms with Gasteiger partial charge in [-0.2, -0.15) is 0 Å². The van der Waals surface area contributed by atoms with Crippen LogP contribution in [-0.2, 0) is 20.7 Å². The number of hydrogen-bond donors (Lipinski definition) is 1. The Morgan fingerprint density at radius 1 is 1.26 bits per heavy atom. The van der Waals surface area contributed by atoms with Gasteiger partial charge in [-0.15, -0.1) is 0 Å². The van der Waals surface area contributed by atoms with Crippen molar-refractivity contribution in [2.24, 2.45) is 0 Å². The van der Waals surface area contributed by atoms with Crippen molar-refractivity contribution < 1.29 is 19.1 Å². The molecular formula is C14H17NO4. The van der Waals surface area contributed by atoms with Gasteiger partial charge in [0, 0.05) is 0 Å². The van der Waals surface area contributed by atoms with Crippen LogP contribution < -0.4 is 5.32 Å². The third kappa shape index (κ3) is 3.40. The van der Waals surface area contributed by atoms with Crippen LogP contribution in [0.2, 0.25) is 0 Å². The van der Waals surface area contributed by atoms with Gasteiger partial charge in [-0.3, -0.25) is 14.4 Å². The molecule has 1 aliphatic heterocycles. The first kappa shape index (κ1) is 14.9. The van der Waals surface area contributed by atoms with Crippen molar-refractivity contribution in [2.75, 3.05) is 11.9 Å². The number of anilines is 1. The topological polar surface area (TPSA) is 72.5 Å². The molecule has 0 aromatic heterocycles. The van der Waals surface area contributed by atoms with Crippen LogP contribution in [0.15, 0.2) is 18.2 Å². The maximum atomic E-state index is 11.4. The van der Waals surface area contributed by atoms with E-state index in [9.17, 15) is 14.4 Å². The van der Waals surface area contributed by atoms with Crippen LogP contribution in [0.25, 0.3) is 0 Å². The highest BCUT2D eigenvalue weighted by molar-refractivity contribution is 6.51. The first-order valence-corrected chi connectivity index (χ1v) is 6.26. The predicted molar refractivity (Wildman–Crippen MR) is 71.1 cm³/mol. The number of amides is 1. The van der Waals surface area contributed by atoms with Crippen molar-refractivity contribution in [1.82, 2.24) is 0 Å². The van der Waals surface area contributed by atoms with E-state index in [1.807, 2.05) is 13.8 Å². The Morgan fingerprint density at radius 2 is 1.95 bits per heavy atom. The lowest BCUT2D eigenvalue weighted by Gasteiger charge is -2.03. The number of carbonyl (C=O) groups excluding carboxylic acids is 3. The minimum absolute atomic E-state index is 0.0998. The number of hydrogen-bond acceptors (Lipinski definition) is 4. The molecule has 5 nitrogen and oxygen atoms in total. The molecule has 5 heteroatoms. The van der Waals surface area contributed by atoms with Crippen LogP contribution >= 0.6 is 0 Å². The Labute approximate surface area is 111 Å². The van der Waals surface area contributed by atoms with Crippen LogP contribution in [-0.4, -0.2) is 24.3 Å². The molecule has 1 heterocycles. The van der Waals surface area contributed by atoms with Crippen molar-refractivity contribution in [1.29, 1.82) is 0 Å². The van der Waals surface area contributed by atoms with Gasteiger partial charge >= 0.3 is 5.97 Å². The average molecular weight is 263 g/mol. The molecule has 0 saturated carbocycles. The van der Waals surface area contributed by atoms with Crippen molar-refractivity contribution in [3.8, 4) is 0 Å². The first-order chi connectivity index (χ1) is 9.11. The van der Waals surface area contributed by atoms with Gasteiger partial charge in [-0.25, -0.2) is 0 Å². The van der Waals surface area contributed by atoms with Crippen LogP contribution in [0.4, 0.5) is 5.69 Å². The Hall–Kier alpha value is -2.17. The zero-order chi connectivity index (χ0) is 14.4. The first-order valence-electron chi connectivity index (χ1n) is 6.26. The lowest BCUT2D eigenvalue weighted by Crippen LogP contribution is -2.12. The van der Waals surface area contributed by atoms with Crippen LogP contribution in [0, 0.1) is 0 Å². The lowest BCUT2D eigenvalue weighted by atomic mass is 10.1. The predicted octanol–water partition coefficient (Wildman–Crippen LogP) is 1.95. The fourth-order valence-electron chi connectivity index (χ4n) is 1.68. The fourth-order valence-corrected chi connectivity index (χ4v) is 1.68. The third-order valence-electron chi connectivity index (χ3n) is 2.44. The number of carbonyl (C=O) groups is 3. The van der Waals surface area contributed by atoms with Gasteiger partial charge in [0.1, 0.15) is 0 Å².